The van der Waals surface area contributed by atoms with Gasteiger partial charge in [-0.15, -0.1) is 0 Å². The minimum Gasteiger partial charge on any atom is -0.207 e. The zero-order chi connectivity index (χ0) is 10.7. The van der Waals surface area contributed by atoms with Gasteiger partial charge in [0.05, 0.1) is 0 Å². The van der Waals surface area contributed by atoms with Gasteiger partial charge < -0.3 is 0 Å². The van der Waals surface area contributed by atoms with Crippen LogP contribution in [0.2, 0.25) is 0 Å². The molecule has 0 bridgehead atoms. The Labute approximate surface area is 90.8 Å². The highest BCUT2D eigenvalue weighted by Crippen LogP contribution is 2.25. The summed E-state index contributed by atoms with van der Waals surface area (Å²) >= 11 is 0. The molecule has 2 rings (SSSR count). The van der Waals surface area contributed by atoms with Crippen molar-refractivity contribution in [3.8, 4) is 0 Å². The normalized spacial score (nSPS) is 14.7. The summed E-state index contributed by atoms with van der Waals surface area (Å²) < 4.78 is 13.4. The van der Waals surface area contributed by atoms with Gasteiger partial charge in [0.2, 0.25) is 0 Å². The van der Waals surface area contributed by atoms with Gasteiger partial charge in [0.25, 0.3) is 0 Å². The summed E-state index contributed by atoms with van der Waals surface area (Å²) in [6.45, 7) is 2.21. The molecular weight excluding hydrogens is 187 g/mol. The van der Waals surface area contributed by atoms with Crippen LogP contribution in [-0.2, 0) is 12.8 Å². The molecule has 1 aromatic carbocycles. The predicted molar refractivity (Wildman–Crippen MR) is 61.4 cm³/mol. The monoisotopic (exact) mass is 204 g/mol. The Bertz CT molecular complexity index is 377. The molecule has 0 atom stereocenters. The average Bonchev–Trinajstić information content (AvgIpc) is 2.26. The maximum Gasteiger partial charge on any atom is 0.126 e. The van der Waals surface area contributed by atoms with Crippen molar-refractivity contribution in [1.82, 2.24) is 0 Å². The first-order chi connectivity index (χ1) is 7.31. The van der Waals surface area contributed by atoms with E-state index in [1.54, 1.807) is 6.07 Å². The molecule has 1 heteroatoms. The average molecular weight is 204 g/mol. The van der Waals surface area contributed by atoms with E-state index in [0.29, 0.717) is 0 Å². The van der Waals surface area contributed by atoms with Crippen LogP contribution in [0.1, 0.15) is 37.3 Å². The van der Waals surface area contributed by atoms with E-state index in [2.05, 4.69) is 19.1 Å². The topological polar surface area (TPSA) is 0 Å². The number of rotatable bonds is 3. The molecule has 0 nitrogen and oxygen atoms in total. The van der Waals surface area contributed by atoms with E-state index < -0.39 is 0 Å². The number of hydrogen-bond acceptors (Lipinski definition) is 0. The number of unbranched alkanes of at least 4 members (excludes halogenated alkanes) is 1. The molecule has 0 saturated heterocycles. The Balaban J connectivity index is 2.13. The van der Waals surface area contributed by atoms with Gasteiger partial charge >= 0.3 is 0 Å². The van der Waals surface area contributed by atoms with E-state index in [-0.39, 0.29) is 5.82 Å². The molecule has 0 spiro atoms. The van der Waals surface area contributed by atoms with Crippen LogP contribution in [0.3, 0.4) is 0 Å². The second-order valence-electron chi connectivity index (χ2n) is 4.22. The molecule has 1 aromatic rings. The third kappa shape index (κ3) is 2.28. The Morgan fingerprint density at radius 2 is 2.20 bits per heavy atom. The summed E-state index contributed by atoms with van der Waals surface area (Å²) in [5.74, 6) is -0.0432. The summed E-state index contributed by atoms with van der Waals surface area (Å²) in [4.78, 5) is 0. The zero-order valence-electron chi connectivity index (χ0n) is 9.22. The standard InChI is InChI=1S/C14H17F/c1-2-3-5-11-8-9-13-12(10-11)6-4-7-14(13)15/h4,6-8H,2-3,5,9-10H2,1H3. The van der Waals surface area contributed by atoms with Crippen molar-refractivity contribution >= 4 is 0 Å². The predicted octanol–water partition coefficient (Wildman–Crippen LogP) is 4.04. The maximum atomic E-state index is 13.4. The van der Waals surface area contributed by atoms with Crippen LogP contribution >= 0.6 is 0 Å². The van der Waals surface area contributed by atoms with Gasteiger partial charge in [0, 0.05) is 0 Å². The molecule has 0 unspecified atom stereocenters. The molecule has 80 valence electrons. The van der Waals surface area contributed by atoms with E-state index in [9.17, 15) is 4.39 Å². The second-order valence-corrected chi connectivity index (χ2v) is 4.22. The molecule has 0 heterocycles. The van der Waals surface area contributed by atoms with Crippen molar-refractivity contribution in [2.45, 2.75) is 39.0 Å². The third-order valence-electron chi connectivity index (χ3n) is 3.08. The number of allylic oxidation sites excluding steroid dienone is 2. The minimum absolute atomic E-state index is 0.0432. The summed E-state index contributed by atoms with van der Waals surface area (Å²) in [5.41, 5.74) is 3.57. The van der Waals surface area contributed by atoms with Gasteiger partial charge in [-0.1, -0.05) is 37.1 Å². The molecule has 0 aliphatic heterocycles. The molecule has 0 amide bonds. The van der Waals surface area contributed by atoms with Gasteiger partial charge in [0.1, 0.15) is 5.82 Å². The number of benzene rings is 1. The van der Waals surface area contributed by atoms with Crippen molar-refractivity contribution in [1.29, 1.82) is 0 Å². The van der Waals surface area contributed by atoms with Gasteiger partial charge in [-0.3, -0.25) is 0 Å². The molecular formula is C14H17F. The lowest BCUT2D eigenvalue weighted by Crippen LogP contribution is -2.05. The number of fused-ring (bicyclic) bond motifs is 1. The molecule has 0 N–H and O–H groups in total. The first-order valence-corrected chi connectivity index (χ1v) is 5.75. The summed E-state index contributed by atoms with van der Waals surface area (Å²) in [5, 5.41) is 0. The largest absolute Gasteiger partial charge is 0.207 e. The number of hydrogen-bond donors (Lipinski definition) is 0. The first kappa shape index (κ1) is 10.4. The van der Waals surface area contributed by atoms with Crippen LogP contribution < -0.4 is 0 Å². The highest BCUT2D eigenvalue weighted by atomic mass is 19.1. The number of halogens is 1. The fraction of sp³-hybridized carbons (Fsp3) is 0.429. The molecule has 1 aliphatic rings. The SMILES string of the molecule is CCCCC1=CCc2c(F)cccc2C1. The van der Waals surface area contributed by atoms with E-state index in [1.165, 1.54) is 30.4 Å². The lowest BCUT2D eigenvalue weighted by molar-refractivity contribution is 0.608. The van der Waals surface area contributed by atoms with Crippen LogP contribution in [-0.4, -0.2) is 0 Å². The maximum absolute atomic E-state index is 13.4. The lowest BCUT2D eigenvalue weighted by atomic mass is 9.89. The van der Waals surface area contributed by atoms with Crippen LogP contribution in [0, 0.1) is 5.82 Å². The van der Waals surface area contributed by atoms with Gasteiger partial charge in [-0.25, -0.2) is 4.39 Å². The zero-order valence-corrected chi connectivity index (χ0v) is 9.22. The molecule has 15 heavy (non-hydrogen) atoms. The van der Waals surface area contributed by atoms with Gasteiger partial charge in [-0.2, -0.15) is 0 Å². The minimum atomic E-state index is -0.0432. The van der Waals surface area contributed by atoms with E-state index in [1.807, 2.05) is 6.07 Å². The fourth-order valence-electron chi connectivity index (χ4n) is 2.16. The molecule has 1 aliphatic carbocycles. The van der Waals surface area contributed by atoms with Gasteiger partial charge in [0.15, 0.2) is 0 Å². The van der Waals surface area contributed by atoms with E-state index in [0.717, 1.165) is 18.4 Å². The first-order valence-electron chi connectivity index (χ1n) is 5.75. The Morgan fingerprint density at radius 1 is 1.33 bits per heavy atom. The van der Waals surface area contributed by atoms with E-state index in [4.69, 9.17) is 0 Å². The lowest BCUT2D eigenvalue weighted by Gasteiger charge is -2.17. The van der Waals surface area contributed by atoms with E-state index >= 15 is 0 Å². The molecule has 0 aromatic heterocycles. The summed E-state index contributed by atoms with van der Waals surface area (Å²) in [6, 6.07) is 5.43. The van der Waals surface area contributed by atoms with Crippen molar-refractivity contribution in [3.63, 3.8) is 0 Å². The molecule has 0 radical (unpaired) electrons. The van der Waals surface area contributed by atoms with Crippen molar-refractivity contribution in [3.05, 3.63) is 46.8 Å². The third-order valence-corrected chi connectivity index (χ3v) is 3.08. The van der Waals surface area contributed by atoms with Crippen LogP contribution in [0.4, 0.5) is 4.39 Å². The highest BCUT2D eigenvalue weighted by molar-refractivity contribution is 5.37. The Morgan fingerprint density at radius 3 is 3.00 bits per heavy atom. The summed E-state index contributed by atoms with van der Waals surface area (Å²) in [6.07, 6.45) is 7.59. The van der Waals surface area contributed by atoms with Crippen molar-refractivity contribution < 1.29 is 4.39 Å². The van der Waals surface area contributed by atoms with Crippen molar-refractivity contribution in [2.75, 3.05) is 0 Å². The van der Waals surface area contributed by atoms with Crippen LogP contribution in [0.15, 0.2) is 29.8 Å². The quantitative estimate of drug-likeness (QED) is 0.652. The van der Waals surface area contributed by atoms with Gasteiger partial charge in [-0.05, 0) is 42.9 Å². The Hall–Kier alpha value is -1.11. The highest BCUT2D eigenvalue weighted by Gasteiger charge is 2.13. The Kier molecular flexibility index (Phi) is 3.20. The fourth-order valence-corrected chi connectivity index (χ4v) is 2.16. The smallest absolute Gasteiger partial charge is 0.126 e. The van der Waals surface area contributed by atoms with Crippen LogP contribution in [0.5, 0.6) is 0 Å². The molecule has 0 saturated carbocycles. The summed E-state index contributed by atoms with van der Waals surface area (Å²) in [7, 11) is 0. The van der Waals surface area contributed by atoms with Crippen LogP contribution in [0.25, 0.3) is 0 Å². The second kappa shape index (κ2) is 4.61. The van der Waals surface area contributed by atoms with Crippen molar-refractivity contribution in [2.24, 2.45) is 0 Å². The molecule has 0 fully saturated rings.